The summed E-state index contributed by atoms with van der Waals surface area (Å²) in [6, 6.07) is 22.2. The number of aromatic nitrogens is 2. The van der Waals surface area contributed by atoms with Crippen molar-refractivity contribution in [1.29, 1.82) is 0 Å². The van der Waals surface area contributed by atoms with Gasteiger partial charge in [-0.05, 0) is 23.6 Å². The number of urea groups is 1. The zero-order valence-electron chi connectivity index (χ0n) is 16.9. The van der Waals surface area contributed by atoms with E-state index in [1.165, 1.54) is 11.3 Å². The Morgan fingerprint density at radius 1 is 0.750 bits per heavy atom. The van der Waals surface area contributed by atoms with Crippen LogP contribution in [0.2, 0.25) is 0 Å². The molecule has 0 saturated carbocycles. The number of hydrogen-bond acceptors (Lipinski definition) is 5. The molecule has 0 atom stereocenters. The second-order valence-electron chi connectivity index (χ2n) is 7.29. The normalized spacial score (nSPS) is 13.9. The Morgan fingerprint density at radius 2 is 1.41 bits per heavy atom. The van der Waals surface area contributed by atoms with E-state index < -0.39 is 17.8 Å². The van der Waals surface area contributed by atoms with E-state index in [1.54, 1.807) is 10.9 Å². The molecule has 7 nitrogen and oxygen atoms in total. The van der Waals surface area contributed by atoms with E-state index in [1.807, 2.05) is 78.2 Å². The molecular weight excluding hydrogens is 424 g/mol. The lowest BCUT2D eigenvalue weighted by molar-refractivity contribution is -0.143. The molecule has 1 saturated heterocycles. The van der Waals surface area contributed by atoms with Gasteiger partial charge in [-0.1, -0.05) is 54.6 Å². The van der Waals surface area contributed by atoms with Gasteiger partial charge in [-0.3, -0.25) is 19.4 Å². The highest BCUT2D eigenvalue weighted by Crippen LogP contribution is 2.27. The summed E-state index contributed by atoms with van der Waals surface area (Å²) in [5.74, 6) is -1.63. The van der Waals surface area contributed by atoms with Crippen LogP contribution in [0.4, 0.5) is 4.79 Å². The molecule has 2 aromatic carbocycles. The van der Waals surface area contributed by atoms with Crippen LogP contribution in [0.5, 0.6) is 0 Å². The van der Waals surface area contributed by atoms with E-state index in [9.17, 15) is 14.4 Å². The second kappa shape index (κ2) is 8.24. The number of nitrogens with zero attached hydrogens (tertiary/aromatic N) is 4. The van der Waals surface area contributed by atoms with E-state index in [0.29, 0.717) is 11.3 Å². The van der Waals surface area contributed by atoms with Crippen molar-refractivity contribution in [3.63, 3.8) is 0 Å². The van der Waals surface area contributed by atoms with E-state index in [0.717, 1.165) is 25.9 Å². The van der Waals surface area contributed by atoms with Crippen LogP contribution in [0.15, 0.2) is 84.4 Å². The van der Waals surface area contributed by atoms with Crippen molar-refractivity contribution in [2.24, 2.45) is 0 Å². The van der Waals surface area contributed by atoms with Crippen molar-refractivity contribution in [3.8, 4) is 16.9 Å². The maximum absolute atomic E-state index is 13.0. The van der Waals surface area contributed by atoms with Gasteiger partial charge in [0.25, 0.3) is 0 Å². The van der Waals surface area contributed by atoms with Gasteiger partial charge in [0.1, 0.15) is 0 Å². The summed E-state index contributed by atoms with van der Waals surface area (Å²) >= 11 is 1.43. The molecule has 158 valence electrons. The van der Waals surface area contributed by atoms with Crippen LogP contribution >= 0.6 is 11.3 Å². The molecule has 0 radical (unpaired) electrons. The molecule has 4 amide bonds. The largest absolute Gasteiger partial charge is 0.334 e. The molecule has 2 aromatic heterocycles. The number of thiophene rings is 1. The standard InChI is InChI=1S/C24H18N4O3S/c29-22-23(30)27(16-20-12-7-13-32-20)24(31)26(22)14-18-15-28(19-10-5-2-6-11-19)25-21(18)17-8-3-1-4-9-17/h1-13,15H,14,16H2. The Morgan fingerprint density at radius 3 is 2.06 bits per heavy atom. The minimum Gasteiger partial charge on any atom is -0.263 e. The van der Waals surface area contributed by atoms with Gasteiger partial charge >= 0.3 is 17.8 Å². The first kappa shape index (κ1) is 19.9. The summed E-state index contributed by atoms with van der Waals surface area (Å²) in [6.07, 6.45) is 1.80. The molecular formula is C24H18N4O3S. The van der Waals surface area contributed by atoms with E-state index in [4.69, 9.17) is 5.10 Å². The van der Waals surface area contributed by atoms with Crippen molar-refractivity contribution in [2.45, 2.75) is 13.1 Å². The molecule has 0 unspecified atom stereocenters. The van der Waals surface area contributed by atoms with Crippen LogP contribution in [-0.4, -0.2) is 37.4 Å². The number of carbonyl (C=O) groups is 3. The fourth-order valence-corrected chi connectivity index (χ4v) is 4.33. The Hall–Kier alpha value is -4.04. The lowest BCUT2D eigenvalue weighted by atomic mass is 10.1. The van der Waals surface area contributed by atoms with Crippen molar-refractivity contribution >= 4 is 29.2 Å². The summed E-state index contributed by atoms with van der Waals surface area (Å²) < 4.78 is 1.72. The first-order chi connectivity index (χ1) is 15.6. The van der Waals surface area contributed by atoms with Gasteiger partial charge in [0.15, 0.2) is 0 Å². The van der Waals surface area contributed by atoms with Gasteiger partial charge in [0, 0.05) is 22.2 Å². The first-order valence-electron chi connectivity index (χ1n) is 10.0. The topological polar surface area (TPSA) is 75.5 Å². The van der Waals surface area contributed by atoms with Crippen LogP contribution in [0, 0.1) is 0 Å². The highest BCUT2D eigenvalue weighted by atomic mass is 32.1. The van der Waals surface area contributed by atoms with Crippen molar-refractivity contribution < 1.29 is 14.4 Å². The predicted octanol–water partition coefficient (Wildman–Crippen LogP) is 4.09. The number of rotatable bonds is 6. The van der Waals surface area contributed by atoms with Crippen LogP contribution in [0.3, 0.4) is 0 Å². The molecule has 5 rings (SSSR count). The summed E-state index contributed by atoms with van der Waals surface area (Å²) in [5, 5.41) is 6.58. The smallest absolute Gasteiger partial charge is 0.263 e. The fourth-order valence-electron chi connectivity index (χ4n) is 3.64. The molecule has 1 aliphatic heterocycles. The molecule has 4 aromatic rings. The number of carbonyl (C=O) groups excluding carboxylic acids is 3. The van der Waals surface area contributed by atoms with E-state index in [-0.39, 0.29) is 13.1 Å². The molecule has 0 aliphatic carbocycles. The number of imide groups is 2. The Bertz CT molecular complexity index is 1280. The van der Waals surface area contributed by atoms with Gasteiger partial charge < -0.3 is 0 Å². The molecule has 1 fully saturated rings. The number of benzene rings is 2. The lowest BCUT2D eigenvalue weighted by Gasteiger charge is -2.15. The van der Waals surface area contributed by atoms with Gasteiger partial charge in [0.2, 0.25) is 0 Å². The summed E-state index contributed by atoms with van der Waals surface area (Å²) in [5.41, 5.74) is 3.04. The Labute approximate surface area is 188 Å². The van der Waals surface area contributed by atoms with Gasteiger partial charge in [0.05, 0.1) is 24.5 Å². The van der Waals surface area contributed by atoms with Crippen molar-refractivity contribution in [2.75, 3.05) is 0 Å². The average molecular weight is 443 g/mol. The summed E-state index contributed by atoms with van der Waals surface area (Å²) in [6.45, 7) is 0.0494. The fraction of sp³-hybridized carbons (Fsp3) is 0.0833. The maximum Gasteiger partial charge on any atom is 0.334 e. The number of amides is 4. The number of hydrogen-bond donors (Lipinski definition) is 0. The molecule has 3 heterocycles. The lowest BCUT2D eigenvalue weighted by Crippen LogP contribution is -2.32. The third-order valence-corrected chi connectivity index (χ3v) is 6.08. The third-order valence-electron chi connectivity index (χ3n) is 5.22. The highest BCUT2D eigenvalue weighted by molar-refractivity contribution is 7.09. The Kier molecular flexibility index (Phi) is 5.12. The average Bonchev–Trinajstić information content (AvgIpc) is 3.54. The summed E-state index contributed by atoms with van der Waals surface area (Å²) in [4.78, 5) is 41.0. The molecule has 0 spiro atoms. The third kappa shape index (κ3) is 3.61. The van der Waals surface area contributed by atoms with Crippen LogP contribution in [0.25, 0.3) is 16.9 Å². The SMILES string of the molecule is O=C1C(=O)N(Cc2cn(-c3ccccc3)nc2-c2ccccc2)C(=O)N1Cc1cccs1. The first-order valence-corrected chi connectivity index (χ1v) is 10.9. The minimum atomic E-state index is -0.821. The van der Waals surface area contributed by atoms with E-state index in [2.05, 4.69) is 0 Å². The van der Waals surface area contributed by atoms with Crippen LogP contribution in [0.1, 0.15) is 10.4 Å². The zero-order valence-corrected chi connectivity index (χ0v) is 17.7. The highest BCUT2D eigenvalue weighted by Gasteiger charge is 2.44. The quantitative estimate of drug-likeness (QED) is 0.333. The molecule has 8 heteroatoms. The van der Waals surface area contributed by atoms with Gasteiger partial charge in [-0.15, -0.1) is 11.3 Å². The van der Waals surface area contributed by atoms with Crippen LogP contribution < -0.4 is 0 Å². The minimum absolute atomic E-state index is 0.0403. The van der Waals surface area contributed by atoms with Crippen LogP contribution in [-0.2, 0) is 22.7 Å². The molecule has 0 bridgehead atoms. The molecule has 32 heavy (non-hydrogen) atoms. The van der Waals surface area contributed by atoms with Gasteiger partial charge in [-0.2, -0.15) is 5.10 Å². The monoisotopic (exact) mass is 442 g/mol. The zero-order chi connectivity index (χ0) is 22.1. The maximum atomic E-state index is 13.0. The van der Waals surface area contributed by atoms with E-state index >= 15 is 0 Å². The summed E-state index contributed by atoms with van der Waals surface area (Å²) in [7, 11) is 0. The molecule has 0 N–H and O–H groups in total. The second-order valence-corrected chi connectivity index (χ2v) is 8.33. The predicted molar refractivity (Wildman–Crippen MR) is 120 cm³/mol. The Balaban J connectivity index is 1.49. The number of para-hydroxylation sites is 1. The molecule has 1 aliphatic rings. The van der Waals surface area contributed by atoms with Crippen molar-refractivity contribution in [1.82, 2.24) is 19.6 Å². The van der Waals surface area contributed by atoms with Gasteiger partial charge in [-0.25, -0.2) is 9.48 Å². The van der Waals surface area contributed by atoms with Crippen molar-refractivity contribution in [3.05, 3.63) is 94.8 Å².